The molecule has 0 atom stereocenters. The summed E-state index contributed by atoms with van der Waals surface area (Å²) in [6, 6.07) is 9.28. The van der Waals surface area contributed by atoms with Gasteiger partial charge in [0.15, 0.2) is 6.20 Å². The molecule has 1 heterocycles. The number of aromatic nitrogens is 1. The first kappa shape index (κ1) is 17.7. The van der Waals surface area contributed by atoms with Gasteiger partial charge in [0.1, 0.15) is 7.05 Å². The zero-order valence-corrected chi connectivity index (χ0v) is 16.1. The van der Waals surface area contributed by atoms with Gasteiger partial charge in [0, 0.05) is 17.2 Å². The molecule has 2 aromatic rings. The van der Waals surface area contributed by atoms with Crippen molar-refractivity contribution in [2.45, 2.75) is 60.3 Å². The summed E-state index contributed by atoms with van der Waals surface area (Å²) in [5, 5.41) is 0. The number of nitrogens with zero attached hydrogens (tertiary/aromatic N) is 1. The van der Waals surface area contributed by atoms with Crippen molar-refractivity contribution < 1.29 is 4.57 Å². The minimum absolute atomic E-state index is 0.169. The standard InChI is InChI=1S/C22H32N/c1-15(2)11-18-9-10-21(23(8)14-18)19-13-20(22(5,6)7)17(4)12-16(19)3/h9-10,12-15H,11H2,1-8H3/q+1. The van der Waals surface area contributed by atoms with Crippen LogP contribution in [0.15, 0.2) is 30.5 Å². The van der Waals surface area contributed by atoms with Gasteiger partial charge in [-0.15, -0.1) is 0 Å². The molecule has 0 radical (unpaired) electrons. The number of pyridine rings is 1. The third-order valence-corrected chi connectivity index (χ3v) is 4.49. The Morgan fingerprint density at radius 2 is 1.65 bits per heavy atom. The minimum atomic E-state index is 0.169. The topological polar surface area (TPSA) is 3.88 Å². The Balaban J connectivity index is 2.54. The highest BCUT2D eigenvalue weighted by atomic mass is 14.9. The molecular weight excluding hydrogens is 278 g/mol. The second-order valence-electron chi connectivity index (χ2n) is 8.36. The van der Waals surface area contributed by atoms with E-state index in [0.29, 0.717) is 5.92 Å². The van der Waals surface area contributed by atoms with Crippen LogP contribution in [0.5, 0.6) is 0 Å². The summed E-state index contributed by atoms with van der Waals surface area (Å²) < 4.78 is 2.28. The van der Waals surface area contributed by atoms with Crippen LogP contribution >= 0.6 is 0 Å². The molecule has 2 rings (SSSR count). The third-order valence-electron chi connectivity index (χ3n) is 4.49. The number of aryl methyl sites for hydroxylation is 3. The molecule has 0 unspecified atom stereocenters. The van der Waals surface area contributed by atoms with Gasteiger partial charge in [-0.25, -0.2) is 4.57 Å². The van der Waals surface area contributed by atoms with Crippen LogP contribution in [0.25, 0.3) is 11.3 Å². The fraction of sp³-hybridized carbons (Fsp3) is 0.500. The molecule has 0 aliphatic rings. The van der Waals surface area contributed by atoms with Crippen molar-refractivity contribution in [3.8, 4) is 11.3 Å². The van der Waals surface area contributed by atoms with E-state index in [1.54, 1.807) is 0 Å². The molecule has 1 aromatic heterocycles. The fourth-order valence-electron chi connectivity index (χ4n) is 3.47. The van der Waals surface area contributed by atoms with Crippen molar-refractivity contribution in [3.05, 3.63) is 52.7 Å². The molecule has 0 aliphatic carbocycles. The molecule has 0 saturated heterocycles. The van der Waals surface area contributed by atoms with Crippen LogP contribution in [0.1, 0.15) is 56.9 Å². The maximum absolute atomic E-state index is 2.39. The average Bonchev–Trinajstić information content (AvgIpc) is 2.37. The van der Waals surface area contributed by atoms with Crippen LogP contribution in [0, 0.1) is 19.8 Å². The third kappa shape index (κ3) is 4.02. The van der Waals surface area contributed by atoms with E-state index in [4.69, 9.17) is 0 Å². The Hall–Kier alpha value is -1.63. The van der Waals surface area contributed by atoms with Gasteiger partial charge in [0.25, 0.3) is 0 Å². The first-order valence-corrected chi connectivity index (χ1v) is 8.70. The largest absolute Gasteiger partial charge is 0.212 e. The van der Waals surface area contributed by atoms with E-state index < -0.39 is 0 Å². The van der Waals surface area contributed by atoms with E-state index in [1.165, 1.54) is 33.5 Å². The lowest BCUT2D eigenvalue weighted by Crippen LogP contribution is -2.31. The molecule has 23 heavy (non-hydrogen) atoms. The Kier molecular flexibility index (Phi) is 4.98. The molecule has 0 bridgehead atoms. The molecule has 1 aromatic carbocycles. The van der Waals surface area contributed by atoms with E-state index in [2.05, 4.69) is 90.5 Å². The van der Waals surface area contributed by atoms with Gasteiger partial charge in [0.05, 0.1) is 0 Å². The van der Waals surface area contributed by atoms with Crippen molar-refractivity contribution in [2.75, 3.05) is 0 Å². The second-order valence-corrected chi connectivity index (χ2v) is 8.36. The minimum Gasteiger partial charge on any atom is -0.201 e. The van der Waals surface area contributed by atoms with E-state index in [0.717, 1.165) is 6.42 Å². The van der Waals surface area contributed by atoms with Crippen molar-refractivity contribution in [1.29, 1.82) is 0 Å². The van der Waals surface area contributed by atoms with Crippen LogP contribution in [0.3, 0.4) is 0 Å². The first-order valence-electron chi connectivity index (χ1n) is 8.70. The summed E-state index contributed by atoms with van der Waals surface area (Å²) in [5.74, 6) is 0.689. The number of hydrogen-bond donors (Lipinski definition) is 0. The van der Waals surface area contributed by atoms with Gasteiger partial charge in [-0.3, -0.25) is 0 Å². The molecule has 1 nitrogen and oxygen atoms in total. The SMILES string of the molecule is Cc1cc(C)c(C(C)(C)C)cc1-c1ccc(CC(C)C)c[n+]1C. The zero-order valence-electron chi connectivity index (χ0n) is 16.1. The predicted molar refractivity (Wildman–Crippen MR) is 99.8 cm³/mol. The highest BCUT2D eigenvalue weighted by Crippen LogP contribution is 2.31. The molecule has 0 spiro atoms. The van der Waals surface area contributed by atoms with Crippen LogP contribution in [0.4, 0.5) is 0 Å². The van der Waals surface area contributed by atoms with Gasteiger partial charge in [-0.2, -0.15) is 0 Å². The lowest BCUT2D eigenvalue weighted by molar-refractivity contribution is -0.660. The van der Waals surface area contributed by atoms with Gasteiger partial charge in [-0.1, -0.05) is 40.7 Å². The van der Waals surface area contributed by atoms with Gasteiger partial charge in [0.2, 0.25) is 5.69 Å². The molecular formula is C22H32N+. The molecule has 0 saturated carbocycles. The zero-order chi connectivity index (χ0) is 17.4. The quantitative estimate of drug-likeness (QED) is 0.678. The molecule has 124 valence electrons. The van der Waals surface area contributed by atoms with Crippen molar-refractivity contribution in [1.82, 2.24) is 0 Å². The lowest BCUT2D eigenvalue weighted by Gasteiger charge is -2.23. The van der Waals surface area contributed by atoms with E-state index in [9.17, 15) is 0 Å². The number of hydrogen-bond acceptors (Lipinski definition) is 0. The molecule has 0 fully saturated rings. The Morgan fingerprint density at radius 3 is 2.17 bits per heavy atom. The van der Waals surface area contributed by atoms with Crippen LogP contribution in [0.2, 0.25) is 0 Å². The molecule has 1 heteroatoms. The Labute approximate surface area is 142 Å². The monoisotopic (exact) mass is 310 g/mol. The summed E-state index contributed by atoms with van der Waals surface area (Å²) in [6.45, 7) is 15.9. The van der Waals surface area contributed by atoms with E-state index >= 15 is 0 Å². The fourth-order valence-corrected chi connectivity index (χ4v) is 3.47. The van der Waals surface area contributed by atoms with Crippen molar-refractivity contribution in [3.63, 3.8) is 0 Å². The summed E-state index contributed by atoms with van der Waals surface area (Å²) in [4.78, 5) is 0. The maximum atomic E-state index is 2.39. The molecule has 0 amide bonds. The van der Waals surface area contributed by atoms with Gasteiger partial charge in [-0.05, 0) is 60.4 Å². The summed E-state index contributed by atoms with van der Waals surface area (Å²) in [5.41, 5.74) is 8.39. The summed E-state index contributed by atoms with van der Waals surface area (Å²) in [6.07, 6.45) is 3.42. The molecule has 0 N–H and O–H groups in total. The maximum Gasteiger partial charge on any atom is 0.212 e. The van der Waals surface area contributed by atoms with Crippen LogP contribution in [-0.4, -0.2) is 0 Å². The summed E-state index contributed by atoms with van der Waals surface area (Å²) >= 11 is 0. The highest BCUT2D eigenvalue weighted by molar-refractivity contribution is 5.64. The van der Waals surface area contributed by atoms with Crippen molar-refractivity contribution in [2.24, 2.45) is 13.0 Å². The second kappa shape index (κ2) is 6.47. The predicted octanol–water partition coefficient (Wildman–Crippen LogP) is 5.29. The smallest absolute Gasteiger partial charge is 0.201 e. The Morgan fingerprint density at radius 1 is 1.00 bits per heavy atom. The molecule has 0 aliphatic heterocycles. The highest BCUT2D eigenvalue weighted by Gasteiger charge is 2.21. The van der Waals surface area contributed by atoms with Crippen LogP contribution in [-0.2, 0) is 18.9 Å². The van der Waals surface area contributed by atoms with E-state index in [-0.39, 0.29) is 5.41 Å². The number of rotatable bonds is 3. The lowest BCUT2D eigenvalue weighted by atomic mass is 9.81. The van der Waals surface area contributed by atoms with Gasteiger partial charge < -0.3 is 0 Å². The number of benzene rings is 1. The Bertz CT molecular complexity index is 703. The van der Waals surface area contributed by atoms with E-state index in [1.807, 2.05) is 0 Å². The first-order chi connectivity index (χ1) is 10.6. The normalized spacial score (nSPS) is 12.0. The summed E-state index contributed by atoms with van der Waals surface area (Å²) in [7, 11) is 2.16. The van der Waals surface area contributed by atoms with Crippen molar-refractivity contribution >= 4 is 0 Å². The van der Waals surface area contributed by atoms with Gasteiger partial charge >= 0.3 is 0 Å². The average molecular weight is 311 g/mol. The van der Waals surface area contributed by atoms with Crippen LogP contribution < -0.4 is 4.57 Å².